The number of nitriles is 1. The first-order chi connectivity index (χ1) is 17.3. The predicted octanol–water partition coefficient (Wildman–Crippen LogP) is 2.05. The molecule has 1 unspecified atom stereocenters. The molecule has 3 heterocycles. The van der Waals surface area contributed by atoms with Crippen molar-refractivity contribution in [2.75, 3.05) is 26.2 Å². The number of carbonyl (C=O) groups excluding carboxylic acids is 2. The van der Waals surface area contributed by atoms with Crippen molar-refractivity contribution in [1.82, 2.24) is 24.1 Å². The molecule has 1 atom stereocenters. The van der Waals surface area contributed by atoms with E-state index in [0.29, 0.717) is 55.6 Å². The number of hydrogen-bond donors (Lipinski definition) is 2. The molecule has 3 aromatic rings. The lowest BCUT2D eigenvalue weighted by atomic mass is 10.2. The number of hydrogen-bond acceptors (Lipinski definition) is 5. The standard InChI is InChI=1S/C25H30N6O4S/c1-2-24(32)30-13-5-14-31(17-16-30)25(33)22(10-15-29-12-4-6-19(29)18-26)28-36(34,35)23-8-3-7-21-20(23)9-11-27-21/h3-4,6-9,11-12,22,27-28H,2,5,10,13-17H2,1H3. The number of H-pyrrole nitrogens is 1. The zero-order valence-corrected chi connectivity index (χ0v) is 21.0. The highest BCUT2D eigenvalue weighted by atomic mass is 32.2. The molecule has 190 valence electrons. The molecule has 0 bridgehead atoms. The number of fused-ring (bicyclic) bond motifs is 1. The number of amides is 2. The van der Waals surface area contributed by atoms with Gasteiger partial charge in [-0.15, -0.1) is 0 Å². The maximum atomic E-state index is 13.6. The van der Waals surface area contributed by atoms with Gasteiger partial charge in [-0.25, -0.2) is 8.42 Å². The van der Waals surface area contributed by atoms with Crippen LogP contribution in [0.1, 0.15) is 31.9 Å². The fourth-order valence-electron chi connectivity index (χ4n) is 4.58. The molecule has 0 saturated carbocycles. The molecule has 4 rings (SSSR count). The number of sulfonamides is 1. The van der Waals surface area contributed by atoms with Crippen molar-refractivity contribution in [2.24, 2.45) is 0 Å². The van der Waals surface area contributed by atoms with E-state index in [0.717, 1.165) is 0 Å². The van der Waals surface area contributed by atoms with Gasteiger partial charge in [-0.1, -0.05) is 13.0 Å². The molecule has 1 saturated heterocycles. The van der Waals surface area contributed by atoms with Crippen molar-refractivity contribution in [3.8, 4) is 6.07 Å². The van der Waals surface area contributed by atoms with Crippen LogP contribution in [-0.4, -0.2) is 71.8 Å². The van der Waals surface area contributed by atoms with Gasteiger partial charge in [0.15, 0.2) is 0 Å². The molecule has 1 aliphatic rings. The summed E-state index contributed by atoms with van der Waals surface area (Å²) in [6.07, 6.45) is 4.59. The van der Waals surface area contributed by atoms with Gasteiger partial charge in [0.1, 0.15) is 17.8 Å². The second-order valence-corrected chi connectivity index (χ2v) is 10.5. The van der Waals surface area contributed by atoms with Gasteiger partial charge in [-0.05, 0) is 43.2 Å². The number of benzene rings is 1. The number of nitrogens with one attached hydrogen (secondary N) is 2. The van der Waals surface area contributed by atoms with E-state index in [1.165, 1.54) is 6.07 Å². The van der Waals surface area contributed by atoms with Gasteiger partial charge in [-0.2, -0.15) is 9.98 Å². The van der Waals surface area contributed by atoms with Gasteiger partial charge in [0, 0.05) is 62.4 Å². The molecular formula is C25H30N6O4S. The van der Waals surface area contributed by atoms with E-state index >= 15 is 0 Å². The number of nitrogens with zero attached hydrogens (tertiary/aromatic N) is 4. The van der Waals surface area contributed by atoms with E-state index < -0.39 is 16.1 Å². The molecular weight excluding hydrogens is 480 g/mol. The fourth-order valence-corrected chi connectivity index (χ4v) is 6.03. The van der Waals surface area contributed by atoms with Crippen molar-refractivity contribution in [3.63, 3.8) is 0 Å². The Morgan fingerprint density at radius 2 is 1.89 bits per heavy atom. The van der Waals surface area contributed by atoms with E-state index in [1.807, 2.05) is 6.92 Å². The van der Waals surface area contributed by atoms with Crippen molar-refractivity contribution in [1.29, 1.82) is 5.26 Å². The molecule has 2 amide bonds. The second kappa shape index (κ2) is 11.0. The monoisotopic (exact) mass is 510 g/mol. The molecule has 10 nitrogen and oxygen atoms in total. The van der Waals surface area contributed by atoms with E-state index in [-0.39, 0.29) is 29.7 Å². The van der Waals surface area contributed by atoms with Crippen molar-refractivity contribution in [3.05, 3.63) is 54.5 Å². The first kappa shape index (κ1) is 25.5. The summed E-state index contributed by atoms with van der Waals surface area (Å²) in [4.78, 5) is 32.3. The van der Waals surface area contributed by atoms with Crippen LogP contribution in [0.3, 0.4) is 0 Å². The van der Waals surface area contributed by atoms with Crippen LogP contribution in [0.2, 0.25) is 0 Å². The van der Waals surface area contributed by atoms with Crippen LogP contribution in [0.4, 0.5) is 0 Å². The van der Waals surface area contributed by atoms with Gasteiger partial charge < -0.3 is 19.4 Å². The highest BCUT2D eigenvalue weighted by Crippen LogP contribution is 2.23. The van der Waals surface area contributed by atoms with Gasteiger partial charge in [0.2, 0.25) is 21.8 Å². The lowest BCUT2D eigenvalue weighted by molar-refractivity contribution is -0.134. The molecule has 1 fully saturated rings. The molecule has 2 aromatic heterocycles. The Bertz CT molecular complexity index is 1390. The minimum atomic E-state index is -4.04. The smallest absolute Gasteiger partial charge is 0.241 e. The van der Waals surface area contributed by atoms with Gasteiger partial charge in [0.05, 0.1) is 4.90 Å². The molecule has 11 heteroatoms. The third-order valence-electron chi connectivity index (χ3n) is 6.51. The number of aromatic amines is 1. The van der Waals surface area contributed by atoms with E-state index in [2.05, 4.69) is 15.8 Å². The van der Waals surface area contributed by atoms with Crippen LogP contribution in [0, 0.1) is 11.3 Å². The Labute approximate surface area is 210 Å². The Hall–Kier alpha value is -3.62. The van der Waals surface area contributed by atoms with E-state index in [1.54, 1.807) is 57.1 Å². The summed E-state index contributed by atoms with van der Waals surface area (Å²) < 4.78 is 31.3. The summed E-state index contributed by atoms with van der Waals surface area (Å²) in [5, 5.41) is 9.87. The van der Waals surface area contributed by atoms with E-state index in [9.17, 15) is 23.3 Å². The highest BCUT2D eigenvalue weighted by molar-refractivity contribution is 7.89. The van der Waals surface area contributed by atoms with Gasteiger partial charge in [-0.3, -0.25) is 9.59 Å². The summed E-state index contributed by atoms with van der Waals surface area (Å²) in [5.41, 5.74) is 1.12. The summed E-state index contributed by atoms with van der Waals surface area (Å²) >= 11 is 0. The van der Waals surface area contributed by atoms with Crippen molar-refractivity contribution in [2.45, 2.75) is 43.7 Å². The average molecular weight is 511 g/mol. The Morgan fingerprint density at radius 1 is 1.11 bits per heavy atom. The minimum absolute atomic E-state index is 0.0396. The second-order valence-electron chi connectivity index (χ2n) is 8.77. The maximum Gasteiger partial charge on any atom is 0.241 e. The molecule has 0 aliphatic carbocycles. The van der Waals surface area contributed by atoms with Crippen molar-refractivity contribution >= 4 is 32.7 Å². The number of aromatic nitrogens is 2. The SMILES string of the molecule is CCC(=O)N1CCCN(C(=O)C(CCn2cccc2C#N)NS(=O)(=O)c2cccc3[nH]ccc23)CC1. The normalized spacial score (nSPS) is 15.4. The van der Waals surface area contributed by atoms with Crippen LogP contribution in [0.25, 0.3) is 10.9 Å². The summed E-state index contributed by atoms with van der Waals surface area (Å²) in [7, 11) is -4.04. The molecule has 1 aromatic carbocycles. The zero-order valence-electron chi connectivity index (χ0n) is 20.2. The number of carbonyl (C=O) groups is 2. The van der Waals surface area contributed by atoms with E-state index in [4.69, 9.17) is 0 Å². The van der Waals surface area contributed by atoms with Crippen LogP contribution in [0.15, 0.2) is 53.7 Å². The van der Waals surface area contributed by atoms with Crippen LogP contribution in [-0.2, 0) is 26.2 Å². The topological polar surface area (TPSA) is 131 Å². The summed E-state index contributed by atoms with van der Waals surface area (Å²) in [6.45, 7) is 3.85. The molecule has 1 aliphatic heterocycles. The maximum absolute atomic E-state index is 13.6. The molecule has 2 N–H and O–H groups in total. The number of rotatable bonds is 8. The van der Waals surface area contributed by atoms with Crippen LogP contribution in [0.5, 0.6) is 0 Å². The third-order valence-corrected chi connectivity index (χ3v) is 8.04. The fraction of sp³-hybridized carbons (Fsp3) is 0.400. The lowest BCUT2D eigenvalue weighted by Gasteiger charge is -2.27. The quantitative estimate of drug-likeness (QED) is 0.479. The number of aryl methyl sites for hydroxylation is 1. The lowest BCUT2D eigenvalue weighted by Crippen LogP contribution is -2.50. The summed E-state index contributed by atoms with van der Waals surface area (Å²) in [6, 6.07) is 11.1. The third kappa shape index (κ3) is 5.45. The Morgan fingerprint density at radius 3 is 2.67 bits per heavy atom. The van der Waals surface area contributed by atoms with Crippen LogP contribution < -0.4 is 4.72 Å². The first-order valence-corrected chi connectivity index (χ1v) is 13.5. The zero-order chi connectivity index (χ0) is 25.7. The molecule has 0 radical (unpaired) electrons. The summed E-state index contributed by atoms with van der Waals surface area (Å²) in [5.74, 6) is -0.297. The Balaban J connectivity index is 1.58. The van der Waals surface area contributed by atoms with Crippen LogP contribution >= 0.6 is 0 Å². The highest BCUT2D eigenvalue weighted by Gasteiger charge is 2.31. The van der Waals surface area contributed by atoms with Crippen molar-refractivity contribution < 1.29 is 18.0 Å². The average Bonchev–Trinajstić information content (AvgIpc) is 3.48. The Kier molecular flexibility index (Phi) is 7.76. The predicted molar refractivity (Wildman–Crippen MR) is 134 cm³/mol. The largest absolute Gasteiger partial charge is 0.361 e. The molecule has 0 spiro atoms. The van der Waals surface area contributed by atoms with Gasteiger partial charge in [0.25, 0.3) is 0 Å². The van der Waals surface area contributed by atoms with Gasteiger partial charge >= 0.3 is 0 Å². The minimum Gasteiger partial charge on any atom is -0.361 e. The molecule has 36 heavy (non-hydrogen) atoms. The first-order valence-electron chi connectivity index (χ1n) is 12.0.